The molecule has 4 heteroatoms. The van der Waals surface area contributed by atoms with E-state index < -0.39 is 0 Å². The van der Waals surface area contributed by atoms with Gasteiger partial charge in [-0.2, -0.15) is 0 Å². The quantitative estimate of drug-likeness (QED) is 0.900. The summed E-state index contributed by atoms with van der Waals surface area (Å²) in [5.74, 6) is 2.63. The van der Waals surface area contributed by atoms with E-state index in [0.29, 0.717) is 23.4 Å². The third kappa shape index (κ3) is 3.74. The Bertz CT molecular complexity index is 497. The zero-order valence-corrected chi connectivity index (χ0v) is 12.7. The second-order valence-electron chi connectivity index (χ2n) is 6.47. The molecule has 0 saturated heterocycles. The van der Waals surface area contributed by atoms with E-state index in [1.54, 1.807) is 6.20 Å². The molecule has 2 atom stereocenters. The van der Waals surface area contributed by atoms with E-state index in [9.17, 15) is 4.79 Å². The summed E-state index contributed by atoms with van der Waals surface area (Å²) in [6, 6.07) is 3.74. The van der Waals surface area contributed by atoms with E-state index in [1.165, 1.54) is 32.1 Å². The number of nitrogens with one attached hydrogen (secondary N) is 1. The molecular weight excluding hydrogens is 264 g/mol. The number of aromatic nitrogens is 1. The maximum atomic E-state index is 12.0. The van der Waals surface area contributed by atoms with Crippen LogP contribution in [0.15, 0.2) is 18.3 Å². The third-order valence-corrected chi connectivity index (χ3v) is 4.66. The number of hydrogen-bond donors (Lipinski definition) is 1. The summed E-state index contributed by atoms with van der Waals surface area (Å²) in [6.45, 7) is 2.83. The van der Waals surface area contributed by atoms with Crippen LogP contribution in [0.1, 0.15) is 45.4 Å². The fourth-order valence-corrected chi connectivity index (χ4v) is 3.06. The van der Waals surface area contributed by atoms with Gasteiger partial charge in [0.05, 0.1) is 6.61 Å². The molecule has 1 N–H and O–H groups in total. The molecule has 2 unspecified atom stereocenters. The lowest BCUT2D eigenvalue weighted by molar-refractivity contribution is -0.117. The van der Waals surface area contributed by atoms with Gasteiger partial charge < -0.3 is 10.1 Å². The van der Waals surface area contributed by atoms with Gasteiger partial charge in [0.1, 0.15) is 0 Å². The zero-order valence-electron chi connectivity index (χ0n) is 12.7. The molecule has 3 rings (SSSR count). The van der Waals surface area contributed by atoms with Gasteiger partial charge in [-0.15, -0.1) is 0 Å². The highest BCUT2D eigenvalue weighted by atomic mass is 16.5. The topological polar surface area (TPSA) is 51.2 Å². The normalized spacial score (nSPS) is 25.4. The first-order valence-corrected chi connectivity index (χ1v) is 8.12. The highest BCUT2D eigenvalue weighted by Crippen LogP contribution is 2.39. The monoisotopic (exact) mass is 288 g/mol. The van der Waals surface area contributed by atoms with Gasteiger partial charge in [0.15, 0.2) is 11.6 Å². The highest BCUT2D eigenvalue weighted by molar-refractivity contribution is 5.94. The molecule has 0 spiro atoms. The smallest absolute Gasteiger partial charge is 0.229 e. The predicted molar refractivity (Wildman–Crippen MR) is 82.2 cm³/mol. The summed E-state index contributed by atoms with van der Waals surface area (Å²) in [6.07, 6.45) is 9.15. The van der Waals surface area contributed by atoms with Crippen molar-refractivity contribution in [3.05, 3.63) is 18.3 Å². The molecular formula is C17H24N2O2. The number of amides is 1. The minimum atomic E-state index is 0.0729. The summed E-state index contributed by atoms with van der Waals surface area (Å²) in [7, 11) is 0. The van der Waals surface area contributed by atoms with Gasteiger partial charge in [-0.1, -0.05) is 26.2 Å². The second-order valence-corrected chi connectivity index (χ2v) is 6.47. The van der Waals surface area contributed by atoms with E-state index >= 15 is 0 Å². The number of rotatable bonds is 5. The van der Waals surface area contributed by atoms with Crippen molar-refractivity contribution >= 4 is 11.7 Å². The minimum Gasteiger partial charge on any atom is -0.489 e. The first-order chi connectivity index (χ1) is 10.2. The Labute approximate surface area is 126 Å². The van der Waals surface area contributed by atoms with Crippen LogP contribution in [0.5, 0.6) is 5.75 Å². The number of nitrogens with zero attached hydrogens (tertiary/aromatic N) is 1. The zero-order chi connectivity index (χ0) is 14.7. The Hall–Kier alpha value is -1.58. The first-order valence-electron chi connectivity index (χ1n) is 8.12. The SMILES string of the molecule is CC1CC1C(=O)Nc1ncccc1OCC1CCCCC1. The van der Waals surface area contributed by atoms with Crippen LogP contribution in [0.2, 0.25) is 0 Å². The van der Waals surface area contributed by atoms with Crippen LogP contribution >= 0.6 is 0 Å². The minimum absolute atomic E-state index is 0.0729. The van der Waals surface area contributed by atoms with E-state index in [0.717, 1.165) is 13.0 Å². The molecule has 1 aromatic rings. The van der Waals surface area contributed by atoms with Crippen LogP contribution in [0.3, 0.4) is 0 Å². The van der Waals surface area contributed by atoms with E-state index in [-0.39, 0.29) is 11.8 Å². The Kier molecular flexibility index (Phi) is 4.42. The number of carbonyl (C=O) groups is 1. The summed E-state index contributed by atoms with van der Waals surface area (Å²) in [5, 5.41) is 2.92. The lowest BCUT2D eigenvalue weighted by Gasteiger charge is -2.22. The number of carbonyl (C=O) groups excluding carboxylic acids is 1. The molecule has 4 nitrogen and oxygen atoms in total. The molecule has 0 bridgehead atoms. The standard InChI is InChI=1S/C17H24N2O2/c1-12-10-14(12)17(20)19-16-15(8-5-9-18-16)21-11-13-6-3-2-4-7-13/h5,8-9,12-14H,2-4,6-7,10-11H2,1H3,(H,18,19,20). The van der Waals surface area contributed by atoms with Gasteiger partial charge in [0.2, 0.25) is 5.91 Å². The Balaban J connectivity index is 1.58. The van der Waals surface area contributed by atoms with Crippen molar-refractivity contribution in [1.82, 2.24) is 4.98 Å². The molecule has 1 heterocycles. The van der Waals surface area contributed by atoms with Crippen LogP contribution in [0.4, 0.5) is 5.82 Å². The summed E-state index contributed by atoms with van der Waals surface area (Å²) < 4.78 is 5.93. The molecule has 2 aliphatic carbocycles. The second kappa shape index (κ2) is 6.46. The summed E-state index contributed by atoms with van der Waals surface area (Å²) in [4.78, 5) is 16.3. The Morgan fingerprint density at radius 3 is 2.86 bits per heavy atom. The van der Waals surface area contributed by atoms with Crippen molar-refractivity contribution in [3.8, 4) is 5.75 Å². The lowest BCUT2D eigenvalue weighted by atomic mass is 9.90. The number of ether oxygens (including phenoxy) is 1. The molecule has 21 heavy (non-hydrogen) atoms. The van der Waals surface area contributed by atoms with Crippen molar-refractivity contribution in [3.63, 3.8) is 0 Å². The summed E-state index contributed by atoms with van der Waals surface area (Å²) in [5.41, 5.74) is 0. The van der Waals surface area contributed by atoms with Crippen molar-refractivity contribution in [2.45, 2.75) is 45.4 Å². The first kappa shape index (κ1) is 14.4. The van der Waals surface area contributed by atoms with Crippen LogP contribution < -0.4 is 10.1 Å². The number of hydrogen-bond acceptors (Lipinski definition) is 3. The maximum Gasteiger partial charge on any atom is 0.229 e. The van der Waals surface area contributed by atoms with Crippen molar-refractivity contribution in [2.75, 3.05) is 11.9 Å². The van der Waals surface area contributed by atoms with Gasteiger partial charge in [0.25, 0.3) is 0 Å². The Morgan fingerprint density at radius 2 is 2.14 bits per heavy atom. The van der Waals surface area contributed by atoms with E-state index in [2.05, 4.69) is 17.2 Å². The molecule has 1 amide bonds. The molecule has 1 aromatic heterocycles. The number of pyridine rings is 1. The third-order valence-electron chi connectivity index (χ3n) is 4.66. The average Bonchev–Trinajstić information content (AvgIpc) is 3.24. The largest absolute Gasteiger partial charge is 0.489 e. The van der Waals surface area contributed by atoms with Gasteiger partial charge in [-0.25, -0.2) is 4.98 Å². The van der Waals surface area contributed by atoms with Gasteiger partial charge in [-0.05, 0) is 43.2 Å². The van der Waals surface area contributed by atoms with Crippen LogP contribution in [-0.4, -0.2) is 17.5 Å². The van der Waals surface area contributed by atoms with Gasteiger partial charge in [-0.3, -0.25) is 4.79 Å². The molecule has 114 valence electrons. The van der Waals surface area contributed by atoms with Crippen molar-refractivity contribution < 1.29 is 9.53 Å². The highest BCUT2D eigenvalue weighted by Gasteiger charge is 2.39. The molecule has 0 aliphatic heterocycles. The van der Waals surface area contributed by atoms with E-state index in [1.807, 2.05) is 12.1 Å². The lowest BCUT2D eigenvalue weighted by Crippen LogP contribution is -2.18. The molecule has 2 saturated carbocycles. The summed E-state index contributed by atoms with van der Waals surface area (Å²) >= 11 is 0. The van der Waals surface area contributed by atoms with Crippen molar-refractivity contribution in [1.29, 1.82) is 0 Å². The predicted octanol–water partition coefficient (Wildman–Crippen LogP) is 3.64. The molecule has 0 aromatic carbocycles. The van der Waals surface area contributed by atoms with Gasteiger partial charge >= 0.3 is 0 Å². The van der Waals surface area contributed by atoms with Crippen molar-refractivity contribution in [2.24, 2.45) is 17.8 Å². The van der Waals surface area contributed by atoms with Crippen LogP contribution in [-0.2, 0) is 4.79 Å². The van der Waals surface area contributed by atoms with Crippen LogP contribution in [0, 0.1) is 17.8 Å². The fourth-order valence-electron chi connectivity index (χ4n) is 3.06. The van der Waals surface area contributed by atoms with Crippen LogP contribution in [0.25, 0.3) is 0 Å². The average molecular weight is 288 g/mol. The van der Waals surface area contributed by atoms with E-state index in [4.69, 9.17) is 4.74 Å². The Morgan fingerprint density at radius 1 is 1.38 bits per heavy atom. The molecule has 2 aliphatic rings. The maximum absolute atomic E-state index is 12.0. The van der Waals surface area contributed by atoms with Gasteiger partial charge in [0, 0.05) is 12.1 Å². The number of anilines is 1. The fraction of sp³-hybridized carbons (Fsp3) is 0.647. The molecule has 0 radical (unpaired) electrons. The molecule has 2 fully saturated rings.